The second kappa shape index (κ2) is 31.4. The molecular formula is C58H93NO15. The number of methoxy groups -OCH3 is 3. The van der Waals surface area contributed by atoms with Crippen LogP contribution in [0.3, 0.4) is 0 Å². The summed E-state index contributed by atoms with van der Waals surface area (Å²) >= 11 is 0. The first kappa shape index (κ1) is 64.4. The highest BCUT2D eigenvalue weighted by molar-refractivity contribution is 6.39. The van der Waals surface area contributed by atoms with E-state index in [0.717, 1.165) is 31.3 Å². The summed E-state index contributed by atoms with van der Waals surface area (Å²) in [6, 6.07) is -1.14. The zero-order valence-electron chi connectivity index (χ0n) is 46.7. The number of carbonyl (C=O) groups excluding carboxylic acids is 5. The highest BCUT2D eigenvalue weighted by Crippen LogP contribution is 2.38. The fourth-order valence-electron chi connectivity index (χ4n) is 10.8. The molecule has 2 saturated heterocycles. The number of ketones is 3. The van der Waals surface area contributed by atoms with Crippen LogP contribution >= 0.6 is 0 Å². The summed E-state index contributed by atoms with van der Waals surface area (Å²) < 4.78 is 29.4. The molecule has 16 nitrogen and oxygen atoms in total. The van der Waals surface area contributed by atoms with Crippen molar-refractivity contribution in [2.45, 2.75) is 213 Å². The Balaban J connectivity index is 0.00000146. The molecular weight excluding hydrogens is 951 g/mol. The molecule has 4 rings (SSSR count). The number of hydrogen-bond acceptors (Lipinski definition) is 14. The van der Waals surface area contributed by atoms with E-state index in [1.807, 2.05) is 58.1 Å². The smallest absolute Gasteiger partial charge is 0.329 e. The first-order valence-corrected chi connectivity index (χ1v) is 27.3. The van der Waals surface area contributed by atoms with Crippen molar-refractivity contribution in [1.82, 2.24) is 4.90 Å². The Kier molecular flexibility index (Phi) is 27.3. The molecule has 0 radical (unpaired) electrons. The maximum Gasteiger partial charge on any atom is 0.329 e. The maximum atomic E-state index is 14.4. The van der Waals surface area contributed by atoms with Crippen LogP contribution in [0.4, 0.5) is 0 Å². The number of aliphatic hydroxyl groups is 3. The van der Waals surface area contributed by atoms with Gasteiger partial charge >= 0.3 is 11.9 Å². The SMILES string of the molecule is CCCCC(C)C(=O)O.CO[C@H]1C[C@@H]2CC[C@@H](C)[C@@](O)(O2)C(=O)C(=O)N2CCCC[C@H]2C(=O)O[C@H]([C@H](C)C[C@@H]2CC[C@@H](O)[C@H](OC)C2)CC(=O)[C@H](C)/C=C(\C)[C@@H](O)[C@@H](OC)C(=O)[C@H](C)C[C@H](C)/C=C/C=CC=C1C. The van der Waals surface area contributed by atoms with Crippen molar-refractivity contribution in [2.75, 3.05) is 27.9 Å². The van der Waals surface area contributed by atoms with E-state index in [-0.39, 0.29) is 60.7 Å². The lowest BCUT2D eigenvalue weighted by Crippen LogP contribution is -2.61. The number of aliphatic hydroxyl groups excluding tert-OH is 2. The molecule has 3 heterocycles. The van der Waals surface area contributed by atoms with Gasteiger partial charge in [-0.1, -0.05) is 97.8 Å². The van der Waals surface area contributed by atoms with E-state index in [0.29, 0.717) is 63.4 Å². The Hall–Kier alpha value is -3.90. The van der Waals surface area contributed by atoms with Gasteiger partial charge in [-0.2, -0.15) is 0 Å². The van der Waals surface area contributed by atoms with Gasteiger partial charge in [0.2, 0.25) is 5.79 Å². The molecule has 1 unspecified atom stereocenters. The molecule has 3 fully saturated rings. The zero-order valence-corrected chi connectivity index (χ0v) is 46.7. The number of carbonyl (C=O) groups is 6. The van der Waals surface area contributed by atoms with Crippen LogP contribution in [0, 0.1) is 41.4 Å². The Morgan fingerprint density at radius 1 is 0.865 bits per heavy atom. The standard InChI is InChI=1S/C51H79NO13.C7H14O2/c1-30-16-12-11-13-17-31(2)42(61-8)28-38-21-19-36(7)51(60,65-38)48(57)49(58)52-23-15-14-18-39(52)50(59)64-43(33(4)26-37-20-22-40(53)44(27-37)62-9)29-41(54)32(3)25-35(6)46(56)47(63-10)45(55)34(5)24-30;1-3-4-5-6(2)7(8)9/h11-13,16-17,25,30,32-34,36-40,42-44,46-47,53,56,60H,14-15,18-24,26-29H2,1-10H3;6H,3-5H2,1-2H3,(H,8,9)/b13-11?,16-12+,31-17?,35-25+;/t30-,32-,33-,34-,36-,37+,38+,39+,40-,42+,43+,44-,46-,47+,51-;/m1./s1. The molecule has 1 aliphatic carbocycles. The second-order valence-corrected chi connectivity index (χ2v) is 22.0. The largest absolute Gasteiger partial charge is 0.481 e. The fourth-order valence-corrected chi connectivity index (χ4v) is 10.8. The number of fused-ring (bicyclic) bond motifs is 3. The van der Waals surface area contributed by atoms with Gasteiger partial charge in [0.25, 0.3) is 11.7 Å². The van der Waals surface area contributed by atoms with Crippen molar-refractivity contribution in [3.63, 3.8) is 0 Å². The number of rotatable bonds is 10. The summed E-state index contributed by atoms with van der Waals surface area (Å²) in [5.74, 6) is -8.80. The molecule has 0 spiro atoms. The predicted molar refractivity (Wildman–Crippen MR) is 281 cm³/mol. The third-order valence-electron chi connectivity index (χ3n) is 15.9. The van der Waals surface area contributed by atoms with Gasteiger partial charge in [-0.3, -0.25) is 24.0 Å². The number of aliphatic carboxylic acids is 1. The van der Waals surface area contributed by atoms with Gasteiger partial charge in [0, 0.05) is 58.5 Å². The number of carboxylic acid groups (broad SMARTS) is 1. The summed E-state index contributed by atoms with van der Waals surface area (Å²) in [7, 11) is 4.52. The molecule has 1 amide bonds. The summed E-state index contributed by atoms with van der Waals surface area (Å²) in [6.07, 6.45) is 14.1. The normalized spacial score (nSPS) is 36.0. The molecule has 1 saturated carbocycles. The number of unbranched alkanes of at least 4 members (excludes halogenated alkanes) is 1. The van der Waals surface area contributed by atoms with Gasteiger partial charge in [-0.25, -0.2) is 4.79 Å². The zero-order chi connectivity index (χ0) is 55.4. The summed E-state index contributed by atoms with van der Waals surface area (Å²) in [6.45, 7) is 16.6. The van der Waals surface area contributed by atoms with Crippen molar-refractivity contribution in [2.24, 2.45) is 41.4 Å². The van der Waals surface area contributed by atoms with Crippen LogP contribution in [0.2, 0.25) is 0 Å². The number of cyclic esters (lactones) is 1. The lowest BCUT2D eigenvalue weighted by atomic mass is 9.78. The van der Waals surface area contributed by atoms with E-state index in [4.69, 9.17) is 28.8 Å². The maximum absolute atomic E-state index is 14.4. The number of allylic oxidation sites excluding steroid dienone is 6. The first-order chi connectivity index (χ1) is 34.9. The van der Waals surface area contributed by atoms with E-state index in [1.165, 1.54) is 12.0 Å². The average Bonchev–Trinajstić information content (AvgIpc) is 3.37. The number of Topliss-reactive ketones (excluding diaryl/α,β-unsaturated/α-hetero) is 3. The molecule has 3 aliphatic heterocycles. The molecule has 0 aromatic carbocycles. The molecule has 420 valence electrons. The average molecular weight is 1040 g/mol. The second-order valence-electron chi connectivity index (χ2n) is 22.0. The third kappa shape index (κ3) is 18.7. The van der Waals surface area contributed by atoms with Crippen LogP contribution in [-0.2, 0) is 52.5 Å². The number of ether oxygens (including phenoxy) is 5. The minimum absolute atomic E-state index is 0.0193. The van der Waals surface area contributed by atoms with E-state index in [1.54, 1.807) is 48.0 Å². The molecule has 4 N–H and O–H groups in total. The topological polar surface area (TPSA) is 233 Å². The van der Waals surface area contributed by atoms with Crippen molar-refractivity contribution in [3.8, 4) is 0 Å². The Bertz CT molecular complexity index is 1960. The lowest BCUT2D eigenvalue weighted by molar-refractivity contribution is -0.265. The Labute approximate surface area is 441 Å². The van der Waals surface area contributed by atoms with Crippen molar-refractivity contribution < 1.29 is 72.9 Å². The first-order valence-electron chi connectivity index (χ1n) is 27.3. The van der Waals surface area contributed by atoms with E-state index in [2.05, 4.69) is 6.92 Å². The van der Waals surface area contributed by atoms with E-state index in [9.17, 15) is 44.1 Å². The highest BCUT2D eigenvalue weighted by Gasteiger charge is 2.53. The van der Waals surface area contributed by atoms with E-state index < -0.39 is 89.8 Å². The number of hydrogen-bond donors (Lipinski definition) is 4. The number of piperidine rings is 1. The Morgan fingerprint density at radius 2 is 1.57 bits per heavy atom. The van der Waals surface area contributed by atoms with E-state index >= 15 is 0 Å². The summed E-state index contributed by atoms with van der Waals surface area (Å²) in [4.78, 5) is 82.0. The van der Waals surface area contributed by atoms with Crippen molar-refractivity contribution in [3.05, 3.63) is 47.6 Å². The summed E-state index contributed by atoms with van der Waals surface area (Å²) in [5, 5.41) is 42.2. The van der Waals surface area contributed by atoms with Crippen LogP contribution in [0.15, 0.2) is 47.6 Å². The third-order valence-corrected chi connectivity index (χ3v) is 15.9. The predicted octanol–water partition coefficient (Wildman–Crippen LogP) is 8.08. The van der Waals surface area contributed by atoms with Crippen LogP contribution < -0.4 is 0 Å². The van der Waals surface area contributed by atoms with Gasteiger partial charge in [0.05, 0.1) is 30.3 Å². The molecule has 0 aromatic heterocycles. The minimum Gasteiger partial charge on any atom is -0.481 e. The van der Waals surface area contributed by atoms with Crippen molar-refractivity contribution in [1.29, 1.82) is 0 Å². The van der Waals surface area contributed by atoms with Gasteiger partial charge < -0.3 is 49.0 Å². The van der Waals surface area contributed by atoms with Gasteiger partial charge in [-0.05, 0) is 113 Å². The van der Waals surface area contributed by atoms with Crippen LogP contribution in [0.25, 0.3) is 0 Å². The molecule has 74 heavy (non-hydrogen) atoms. The molecule has 16 heteroatoms. The quantitative estimate of drug-likeness (QED) is 0.0920. The molecule has 0 aromatic rings. The van der Waals surface area contributed by atoms with Crippen LogP contribution in [0.1, 0.15) is 159 Å². The number of esters is 1. The number of nitrogens with zero attached hydrogens (tertiary/aromatic N) is 1. The lowest BCUT2D eigenvalue weighted by Gasteiger charge is -2.42. The molecule has 2 bridgehead atoms. The van der Waals surface area contributed by atoms with Crippen molar-refractivity contribution >= 4 is 35.2 Å². The van der Waals surface area contributed by atoms with Crippen LogP contribution in [0.5, 0.6) is 0 Å². The number of amides is 1. The molecule has 4 aliphatic rings. The highest BCUT2D eigenvalue weighted by atomic mass is 16.6. The number of carboxylic acids is 1. The summed E-state index contributed by atoms with van der Waals surface area (Å²) in [5.41, 5.74) is 1.27. The van der Waals surface area contributed by atoms with Crippen LogP contribution in [-0.4, -0.2) is 143 Å². The van der Waals surface area contributed by atoms with Gasteiger partial charge in [-0.15, -0.1) is 0 Å². The van der Waals surface area contributed by atoms with Gasteiger partial charge in [0.1, 0.15) is 30.1 Å². The van der Waals surface area contributed by atoms with Gasteiger partial charge in [0.15, 0.2) is 5.78 Å². The fraction of sp³-hybridized carbons (Fsp3) is 0.759. The monoisotopic (exact) mass is 1040 g/mol. The molecule has 16 atom stereocenters. The Morgan fingerprint density at radius 3 is 2.20 bits per heavy atom. The minimum atomic E-state index is -2.43.